The molecule has 0 spiro atoms. The molecule has 0 N–H and O–H groups in total. The van der Waals surface area contributed by atoms with Crippen molar-refractivity contribution in [2.24, 2.45) is 4.76 Å². The van der Waals surface area contributed by atoms with Crippen molar-refractivity contribution in [2.75, 3.05) is 6.66 Å². The van der Waals surface area contributed by atoms with Gasteiger partial charge in [-0.3, -0.25) is 4.76 Å². The number of hydrogen-bond donors (Lipinski definition) is 0. The third-order valence-electron chi connectivity index (χ3n) is 0.386. The zero-order valence-electron chi connectivity index (χ0n) is 4.68. The van der Waals surface area contributed by atoms with Crippen LogP contribution in [-0.2, 0) is 0 Å². The molecule has 0 saturated carbocycles. The highest BCUT2D eigenvalue weighted by Crippen LogP contribution is 2.41. The molecule has 0 fully saturated rings. The third kappa shape index (κ3) is 8.32. The van der Waals surface area contributed by atoms with Crippen LogP contribution in [-0.4, -0.2) is 19.1 Å². The van der Waals surface area contributed by atoms with Crippen molar-refractivity contribution in [3.05, 3.63) is 0 Å². The minimum absolute atomic E-state index is 0.0195. The highest BCUT2D eigenvalue weighted by atomic mass is 32.0. The lowest BCUT2D eigenvalue weighted by Gasteiger charge is -1.97. The van der Waals surface area contributed by atoms with E-state index in [9.17, 15) is 13.2 Å². The second kappa shape index (κ2) is 3.48. The molecular weight excluding hydrogens is 169 g/mol. The van der Waals surface area contributed by atoms with E-state index >= 15 is 0 Å². The maximum Gasteiger partial charge on any atom is 0.426 e. The first-order valence-electron chi connectivity index (χ1n) is 2.02. The summed E-state index contributed by atoms with van der Waals surface area (Å²) in [5.74, 6) is 0. The molecular formula is C3H6F3NP2. The van der Waals surface area contributed by atoms with Crippen LogP contribution in [0.15, 0.2) is 4.76 Å². The Morgan fingerprint density at radius 3 is 2.11 bits per heavy atom. The van der Waals surface area contributed by atoms with Crippen LogP contribution in [0.4, 0.5) is 13.2 Å². The molecule has 9 heavy (non-hydrogen) atoms. The first kappa shape index (κ1) is 9.32. The topological polar surface area (TPSA) is 12.4 Å². The van der Waals surface area contributed by atoms with Gasteiger partial charge in [-0.1, -0.05) is 8.93 Å². The predicted octanol–water partition coefficient (Wildman–Crippen LogP) is 2.44. The fraction of sp³-hybridized carbons (Fsp3) is 0.667. The van der Waals surface area contributed by atoms with Gasteiger partial charge in [-0.05, 0) is 6.66 Å². The van der Waals surface area contributed by atoms with Crippen molar-refractivity contribution in [3.8, 4) is 0 Å². The maximum atomic E-state index is 11.3. The largest absolute Gasteiger partial charge is 0.426 e. The van der Waals surface area contributed by atoms with Gasteiger partial charge in [0.05, 0.1) is 0 Å². The molecule has 0 amide bonds. The molecule has 0 saturated heterocycles. The monoisotopic (exact) mass is 175 g/mol. The summed E-state index contributed by atoms with van der Waals surface area (Å²) in [6.07, 6.45) is -4.24. The number of halogens is 3. The summed E-state index contributed by atoms with van der Waals surface area (Å²) in [4.78, 5) is 0. The Morgan fingerprint density at radius 2 is 2.00 bits per heavy atom. The number of hydrogen-bond acceptors (Lipinski definition) is 1. The third-order valence-corrected chi connectivity index (χ3v) is 1.27. The van der Waals surface area contributed by atoms with Gasteiger partial charge in [0.25, 0.3) is 0 Å². The SMILES string of the molecule is CP(P)/N=C/C(F)(F)F. The summed E-state index contributed by atoms with van der Waals surface area (Å²) in [5, 5.41) is 0. The lowest BCUT2D eigenvalue weighted by atomic mass is 10.7. The Kier molecular flexibility index (Phi) is 3.60. The van der Waals surface area contributed by atoms with Crippen molar-refractivity contribution in [2.45, 2.75) is 6.18 Å². The molecule has 0 aliphatic rings. The van der Waals surface area contributed by atoms with E-state index in [1.807, 2.05) is 0 Å². The molecule has 0 rings (SSSR count). The predicted molar refractivity (Wildman–Crippen MR) is 37.1 cm³/mol. The molecule has 0 aromatic carbocycles. The van der Waals surface area contributed by atoms with Gasteiger partial charge < -0.3 is 0 Å². The Bertz CT molecular complexity index is 108. The fourth-order valence-corrected chi connectivity index (χ4v) is 0.670. The summed E-state index contributed by atoms with van der Waals surface area (Å²) >= 11 is 0. The molecule has 0 aromatic rings. The van der Waals surface area contributed by atoms with Crippen LogP contribution in [0.25, 0.3) is 0 Å². The minimum Gasteiger partial charge on any atom is -0.261 e. The van der Waals surface area contributed by atoms with Crippen LogP contribution in [0.5, 0.6) is 0 Å². The summed E-state index contributed by atoms with van der Waals surface area (Å²) in [7, 11) is 1.30. The molecule has 54 valence electrons. The van der Waals surface area contributed by atoms with Crippen LogP contribution in [0.2, 0.25) is 0 Å². The van der Waals surface area contributed by atoms with Crippen LogP contribution in [0.1, 0.15) is 0 Å². The van der Waals surface area contributed by atoms with E-state index in [1.165, 1.54) is 0 Å². The van der Waals surface area contributed by atoms with Gasteiger partial charge in [0.15, 0.2) is 0 Å². The first-order valence-corrected chi connectivity index (χ1v) is 5.38. The van der Waals surface area contributed by atoms with Crippen molar-refractivity contribution < 1.29 is 13.2 Å². The van der Waals surface area contributed by atoms with Crippen LogP contribution in [0, 0.1) is 0 Å². The molecule has 0 heterocycles. The molecule has 6 heteroatoms. The molecule has 2 unspecified atom stereocenters. The van der Waals surface area contributed by atoms with Gasteiger partial charge in [0.2, 0.25) is 0 Å². The van der Waals surface area contributed by atoms with Gasteiger partial charge in [-0.15, -0.1) is 0 Å². The molecule has 0 bridgehead atoms. The van der Waals surface area contributed by atoms with Crippen LogP contribution >= 0.6 is 16.7 Å². The number of rotatable bonds is 1. The smallest absolute Gasteiger partial charge is 0.261 e. The number of nitrogens with zero attached hydrogens (tertiary/aromatic N) is 1. The van der Waals surface area contributed by atoms with E-state index in [2.05, 4.69) is 13.7 Å². The Hall–Kier alpha value is 0.320. The maximum absolute atomic E-state index is 11.3. The molecule has 0 aliphatic carbocycles. The molecule has 0 radical (unpaired) electrons. The van der Waals surface area contributed by atoms with Crippen LogP contribution < -0.4 is 0 Å². The lowest BCUT2D eigenvalue weighted by molar-refractivity contribution is -0.0533. The van der Waals surface area contributed by atoms with Crippen molar-refractivity contribution in [1.29, 1.82) is 0 Å². The highest BCUT2D eigenvalue weighted by Gasteiger charge is 2.23. The van der Waals surface area contributed by atoms with E-state index in [4.69, 9.17) is 0 Å². The van der Waals surface area contributed by atoms with Gasteiger partial charge in [-0.2, -0.15) is 13.2 Å². The van der Waals surface area contributed by atoms with E-state index < -0.39 is 13.9 Å². The van der Waals surface area contributed by atoms with Crippen LogP contribution in [0.3, 0.4) is 0 Å². The Labute approximate surface area is 54.6 Å². The normalized spacial score (nSPS) is 16.6. The van der Waals surface area contributed by atoms with E-state index in [1.54, 1.807) is 6.66 Å². The quantitative estimate of drug-likeness (QED) is 0.428. The van der Waals surface area contributed by atoms with Gasteiger partial charge in [0.1, 0.15) is 6.21 Å². The number of alkyl halides is 3. The summed E-state index contributed by atoms with van der Waals surface area (Å²) in [5.41, 5.74) is 0. The van der Waals surface area contributed by atoms with Gasteiger partial charge in [0, 0.05) is 7.76 Å². The van der Waals surface area contributed by atoms with E-state index in [-0.39, 0.29) is 6.21 Å². The van der Waals surface area contributed by atoms with Crippen molar-refractivity contribution in [3.63, 3.8) is 0 Å². The summed E-state index contributed by atoms with van der Waals surface area (Å²) in [6.45, 7) is 1.61. The first-order chi connectivity index (χ1) is 3.92. The molecule has 0 aromatic heterocycles. The van der Waals surface area contributed by atoms with Gasteiger partial charge >= 0.3 is 6.18 Å². The molecule has 2 atom stereocenters. The standard InChI is InChI=1S/C3H6F3NP2/c1-9(8)7-2-3(4,5)6/h2H,8H2,1H3/b7-2+. The fourth-order valence-electron chi connectivity index (χ4n) is 0.157. The van der Waals surface area contributed by atoms with Crippen molar-refractivity contribution >= 4 is 22.9 Å². The highest BCUT2D eigenvalue weighted by molar-refractivity contribution is 8.12. The Morgan fingerprint density at radius 1 is 1.56 bits per heavy atom. The van der Waals surface area contributed by atoms with Gasteiger partial charge in [-0.25, -0.2) is 0 Å². The lowest BCUT2D eigenvalue weighted by Crippen LogP contribution is -2.07. The Balaban J connectivity index is 3.71. The minimum atomic E-state index is -4.26. The zero-order valence-corrected chi connectivity index (χ0v) is 6.73. The molecule has 0 aliphatic heterocycles. The van der Waals surface area contributed by atoms with E-state index in [0.29, 0.717) is 0 Å². The second-order valence-corrected chi connectivity index (χ2v) is 4.98. The summed E-state index contributed by atoms with van der Waals surface area (Å²) < 4.78 is 37.0. The zero-order chi connectivity index (χ0) is 7.49. The second-order valence-electron chi connectivity index (χ2n) is 1.36. The van der Waals surface area contributed by atoms with E-state index in [0.717, 1.165) is 0 Å². The van der Waals surface area contributed by atoms with Crippen molar-refractivity contribution in [1.82, 2.24) is 0 Å². The molecule has 1 nitrogen and oxygen atoms in total. The summed E-state index contributed by atoms with van der Waals surface area (Å²) in [6, 6.07) is 0. The average Bonchev–Trinajstić information content (AvgIpc) is 1.59. The average molecular weight is 175 g/mol.